The second-order valence-electron chi connectivity index (χ2n) is 5.32. The minimum Gasteiger partial charge on any atom is -0.469 e. The van der Waals surface area contributed by atoms with Gasteiger partial charge in [-0.05, 0) is 0 Å². The van der Waals surface area contributed by atoms with Crippen molar-refractivity contribution in [2.45, 2.75) is 10.9 Å². The molecule has 0 aromatic heterocycles. The van der Waals surface area contributed by atoms with Crippen molar-refractivity contribution in [3.05, 3.63) is 81.9 Å². The highest BCUT2D eigenvalue weighted by Gasteiger charge is 2.46. The summed E-state index contributed by atoms with van der Waals surface area (Å²) in [6, 6.07) is 15.0. The van der Waals surface area contributed by atoms with Crippen molar-refractivity contribution >= 4 is 27.7 Å². The lowest BCUT2D eigenvalue weighted by atomic mass is 9.87. The monoisotopic (exact) mass is 405 g/mol. The first-order chi connectivity index (χ1) is 12.0. The maximum Gasteiger partial charge on any atom is 0.317 e. The summed E-state index contributed by atoms with van der Waals surface area (Å²) >= 11 is 3.20. The van der Waals surface area contributed by atoms with E-state index in [4.69, 9.17) is 4.74 Å². The Morgan fingerprint density at radius 1 is 1.04 bits per heavy atom. The summed E-state index contributed by atoms with van der Waals surface area (Å²) in [6.07, 6.45) is 0. The van der Waals surface area contributed by atoms with Crippen LogP contribution in [-0.2, 0) is 9.53 Å². The molecule has 6 nitrogen and oxygen atoms in total. The first kappa shape index (κ1) is 18.8. The number of ketones is 1. The minimum atomic E-state index is -1.41. The van der Waals surface area contributed by atoms with Gasteiger partial charge in [-0.25, -0.2) is 0 Å². The number of alkyl halides is 1. The zero-order chi connectivity index (χ0) is 18.4. The third kappa shape index (κ3) is 4.30. The molecule has 0 aliphatic heterocycles. The summed E-state index contributed by atoms with van der Waals surface area (Å²) in [5.74, 6) is -2.55. The lowest BCUT2D eigenvalue weighted by molar-refractivity contribution is -0.536. The van der Waals surface area contributed by atoms with E-state index in [0.29, 0.717) is 11.1 Å². The highest BCUT2D eigenvalue weighted by Crippen LogP contribution is 2.34. The molecule has 3 atom stereocenters. The van der Waals surface area contributed by atoms with Gasteiger partial charge in [-0.15, -0.1) is 0 Å². The number of nitro groups is 1. The summed E-state index contributed by atoms with van der Waals surface area (Å²) in [7, 11) is 1.14. The number of halogens is 1. The highest BCUT2D eigenvalue weighted by atomic mass is 79.9. The molecule has 0 unspecified atom stereocenters. The fraction of sp³-hybridized carbons (Fsp3) is 0.222. The maximum atomic E-state index is 12.7. The number of carbonyl (C=O) groups excluding carboxylic acids is 2. The second kappa shape index (κ2) is 8.53. The van der Waals surface area contributed by atoms with Crippen LogP contribution in [0.2, 0.25) is 0 Å². The van der Waals surface area contributed by atoms with Gasteiger partial charge in [0.2, 0.25) is 0 Å². The molecule has 0 amide bonds. The van der Waals surface area contributed by atoms with Crippen LogP contribution in [0.15, 0.2) is 60.7 Å². The van der Waals surface area contributed by atoms with Gasteiger partial charge in [0.25, 0.3) is 6.04 Å². The van der Waals surface area contributed by atoms with Crippen molar-refractivity contribution in [2.75, 3.05) is 7.11 Å². The molecule has 25 heavy (non-hydrogen) atoms. The number of esters is 1. The van der Waals surface area contributed by atoms with E-state index in [2.05, 4.69) is 15.9 Å². The van der Waals surface area contributed by atoms with Gasteiger partial charge in [-0.1, -0.05) is 76.6 Å². The predicted molar refractivity (Wildman–Crippen MR) is 95.2 cm³/mol. The molecule has 0 saturated heterocycles. The Labute approximate surface area is 153 Å². The predicted octanol–water partition coefficient (Wildman–Crippen LogP) is 3.44. The third-order valence-electron chi connectivity index (χ3n) is 3.81. The molecule has 0 fully saturated rings. The first-order valence-electron chi connectivity index (χ1n) is 7.47. The zero-order valence-corrected chi connectivity index (χ0v) is 15.0. The topological polar surface area (TPSA) is 86.5 Å². The van der Waals surface area contributed by atoms with Gasteiger partial charge in [0.1, 0.15) is 5.92 Å². The lowest BCUT2D eigenvalue weighted by Crippen LogP contribution is -2.39. The van der Waals surface area contributed by atoms with Crippen molar-refractivity contribution in [3.63, 3.8) is 0 Å². The van der Waals surface area contributed by atoms with Crippen LogP contribution in [0.3, 0.4) is 0 Å². The molecule has 2 rings (SSSR count). The van der Waals surface area contributed by atoms with E-state index in [1.165, 1.54) is 0 Å². The van der Waals surface area contributed by atoms with E-state index in [0.717, 1.165) is 7.11 Å². The summed E-state index contributed by atoms with van der Waals surface area (Å²) in [5.41, 5.74) is 0.682. The molecule has 0 N–H and O–H groups in total. The molecule has 7 heteroatoms. The van der Waals surface area contributed by atoms with E-state index < -0.39 is 33.5 Å². The molecule has 0 aliphatic rings. The number of benzene rings is 2. The molecule has 0 aliphatic carbocycles. The Morgan fingerprint density at radius 2 is 1.56 bits per heavy atom. The van der Waals surface area contributed by atoms with Crippen LogP contribution in [-0.4, -0.2) is 28.6 Å². The van der Waals surface area contributed by atoms with Gasteiger partial charge in [-0.3, -0.25) is 19.7 Å². The van der Waals surface area contributed by atoms with Crippen molar-refractivity contribution in [1.29, 1.82) is 0 Å². The van der Waals surface area contributed by atoms with Crippen LogP contribution in [0.5, 0.6) is 0 Å². The Balaban J connectivity index is 2.45. The fourth-order valence-corrected chi connectivity index (χ4v) is 3.35. The molecular formula is C18H16BrNO5. The van der Waals surface area contributed by atoms with E-state index >= 15 is 0 Å². The standard InChI is InChI=1S/C18H16BrNO5/c1-25-18(22)14(15(19)17(21)13-10-6-3-7-11-13)16(20(23)24)12-8-4-2-5-9-12/h2-11,14-16H,1H3/t14-,15-,16+/m0/s1. The highest BCUT2D eigenvalue weighted by molar-refractivity contribution is 9.10. The van der Waals surface area contributed by atoms with Crippen LogP contribution in [0, 0.1) is 16.0 Å². The van der Waals surface area contributed by atoms with E-state index in [1.807, 2.05) is 0 Å². The number of methoxy groups -OCH3 is 1. The smallest absolute Gasteiger partial charge is 0.317 e. The molecule has 0 saturated carbocycles. The Kier molecular flexibility index (Phi) is 6.41. The first-order valence-corrected chi connectivity index (χ1v) is 8.38. The number of nitrogens with zero attached hydrogens (tertiary/aromatic N) is 1. The summed E-state index contributed by atoms with van der Waals surface area (Å²) < 4.78 is 4.75. The SMILES string of the molecule is COC(=O)[C@@H]([C@H](Br)C(=O)c1ccccc1)[C@@H](c1ccccc1)[N+](=O)[O-]. The van der Waals surface area contributed by atoms with Gasteiger partial charge in [-0.2, -0.15) is 0 Å². The van der Waals surface area contributed by atoms with Crippen LogP contribution < -0.4 is 0 Å². The molecule has 0 heterocycles. The van der Waals surface area contributed by atoms with E-state index in [9.17, 15) is 19.7 Å². The molecule has 0 radical (unpaired) electrons. The number of rotatable bonds is 7. The van der Waals surface area contributed by atoms with Crippen LogP contribution >= 0.6 is 15.9 Å². The Bertz CT molecular complexity index is 751. The average Bonchev–Trinajstić information content (AvgIpc) is 2.65. The van der Waals surface area contributed by atoms with Gasteiger partial charge in [0, 0.05) is 16.1 Å². The van der Waals surface area contributed by atoms with Crippen molar-refractivity contribution in [3.8, 4) is 0 Å². The molecule has 2 aromatic carbocycles. The Hall–Kier alpha value is -2.54. The van der Waals surface area contributed by atoms with E-state index in [-0.39, 0.29) is 0 Å². The molecule has 130 valence electrons. The van der Waals surface area contributed by atoms with Crippen molar-refractivity contribution < 1.29 is 19.2 Å². The van der Waals surface area contributed by atoms with Crippen LogP contribution in [0.4, 0.5) is 0 Å². The second-order valence-corrected chi connectivity index (χ2v) is 6.31. The third-order valence-corrected chi connectivity index (χ3v) is 4.79. The molecule has 0 bridgehead atoms. The van der Waals surface area contributed by atoms with Crippen molar-refractivity contribution in [2.24, 2.45) is 5.92 Å². The molecular weight excluding hydrogens is 390 g/mol. The van der Waals surface area contributed by atoms with Crippen LogP contribution in [0.1, 0.15) is 22.0 Å². The number of ether oxygens (including phenoxy) is 1. The van der Waals surface area contributed by atoms with Gasteiger partial charge >= 0.3 is 5.97 Å². The lowest BCUT2D eigenvalue weighted by Gasteiger charge is -2.23. The number of Topliss-reactive ketones (excluding diaryl/α,β-unsaturated/α-hetero) is 1. The summed E-state index contributed by atoms with van der Waals surface area (Å²) in [6.45, 7) is 0. The zero-order valence-electron chi connectivity index (χ0n) is 13.4. The minimum absolute atomic E-state index is 0.327. The quantitative estimate of drug-likeness (QED) is 0.231. The number of hydrogen-bond acceptors (Lipinski definition) is 5. The van der Waals surface area contributed by atoms with E-state index in [1.54, 1.807) is 60.7 Å². The van der Waals surface area contributed by atoms with Crippen molar-refractivity contribution in [1.82, 2.24) is 0 Å². The number of carbonyl (C=O) groups is 2. The maximum absolute atomic E-state index is 12.7. The average molecular weight is 406 g/mol. The van der Waals surface area contributed by atoms with Gasteiger partial charge in [0.15, 0.2) is 5.78 Å². The fourth-order valence-electron chi connectivity index (χ4n) is 2.58. The summed E-state index contributed by atoms with van der Waals surface area (Å²) in [4.78, 5) is 35.0. The molecule has 2 aromatic rings. The Morgan fingerprint density at radius 3 is 2.04 bits per heavy atom. The van der Waals surface area contributed by atoms with Crippen LogP contribution in [0.25, 0.3) is 0 Å². The normalized spacial score (nSPS) is 14.2. The summed E-state index contributed by atoms with van der Waals surface area (Å²) in [5, 5.41) is 11.7. The molecule has 0 spiro atoms. The largest absolute Gasteiger partial charge is 0.469 e. The number of hydrogen-bond donors (Lipinski definition) is 0. The van der Waals surface area contributed by atoms with Gasteiger partial charge < -0.3 is 4.74 Å². The van der Waals surface area contributed by atoms with Gasteiger partial charge in [0.05, 0.1) is 11.9 Å².